The number of ether oxygens (including phenoxy) is 3. The van der Waals surface area contributed by atoms with E-state index in [1.54, 1.807) is 49.6 Å². The normalized spacial score (nSPS) is 16.3. The zero-order valence-electron chi connectivity index (χ0n) is 12.1. The molecular weight excluding hydrogens is 284 g/mol. The molecule has 3 rings (SSSR count). The summed E-state index contributed by atoms with van der Waals surface area (Å²) in [6.07, 6.45) is -0.00273. The van der Waals surface area contributed by atoms with Crippen LogP contribution in [0.3, 0.4) is 0 Å². The summed E-state index contributed by atoms with van der Waals surface area (Å²) < 4.78 is 16.1. The second kappa shape index (κ2) is 5.97. The molecule has 1 aliphatic heterocycles. The van der Waals surface area contributed by atoms with Crippen molar-refractivity contribution >= 4 is 5.97 Å². The molecule has 0 fully saturated rings. The van der Waals surface area contributed by atoms with Crippen LogP contribution in [0, 0.1) is 0 Å². The molecule has 0 amide bonds. The van der Waals surface area contributed by atoms with Gasteiger partial charge in [0.1, 0.15) is 30.0 Å². The molecule has 0 aliphatic carbocycles. The molecule has 0 bridgehead atoms. The fourth-order valence-corrected chi connectivity index (χ4v) is 2.41. The lowest BCUT2D eigenvalue weighted by molar-refractivity contribution is 0.0128. The fourth-order valence-electron chi connectivity index (χ4n) is 2.41. The van der Waals surface area contributed by atoms with Gasteiger partial charge in [0.05, 0.1) is 12.7 Å². The van der Waals surface area contributed by atoms with Crippen LogP contribution in [0.4, 0.5) is 0 Å². The van der Waals surface area contributed by atoms with E-state index in [2.05, 4.69) is 0 Å². The number of carbonyl (C=O) groups is 1. The SMILES string of the molecule is COc1cccc(C(=O)OC2COc3cccc(O)c3C2)c1. The van der Waals surface area contributed by atoms with Crippen LogP contribution in [0.15, 0.2) is 42.5 Å². The van der Waals surface area contributed by atoms with Crippen LogP contribution in [0.1, 0.15) is 15.9 Å². The topological polar surface area (TPSA) is 65.0 Å². The van der Waals surface area contributed by atoms with Crippen molar-refractivity contribution in [2.75, 3.05) is 13.7 Å². The first kappa shape index (κ1) is 14.3. The number of hydrogen-bond acceptors (Lipinski definition) is 5. The van der Waals surface area contributed by atoms with Gasteiger partial charge in [-0.15, -0.1) is 0 Å². The average molecular weight is 300 g/mol. The van der Waals surface area contributed by atoms with Crippen molar-refractivity contribution in [2.45, 2.75) is 12.5 Å². The Bertz CT molecular complexity index is 695. The van der Waals surface area contributed by atoms with Crippen LogP contribution in [0.5, 0.6) is 17.2 Å². The van der Waals surface area contributed by atoms with E-state index >= 15 is 0 Å². The highest BCUT2D eigenvalue weighted by atomic mass is 16.6. The molecule has 22 heavy (non-hydrogen) atoms. The van der Waals surface area contributed by atoms with E-state index in [0.29, 0.717) is 29.0 Å². The van der Waals surface area contributed by atoms with Crippen molar-refractivity contribution < 1.29 is 24.1 Å². The summed E-state index contributed by atoms with van der Waals surface area (Å²) in [7, 11) is 1.54. The van der Waals surface area contributed by atoms with E-state index in [1.165, 1.54) is 0 Å². The average Bonchev–Trinajstić information content (AvgIpc) is 2.55. The molecule has 0 saturated carbocycles. The van der Waals surface area contributed by atoms with Gasteiger partial charge in [0, 0.05) is 12.0 Å². The van der Waals surface area contributed by atoms with Gasteiger partial charge in [-0.25, -0.2) is 4.79 Å². The predicted octanol–water partition coefficient (Wildman–Crippen LogP) is 2.56. The molecule has 5 nitrogen and oxygen atoms in total. The maximum absolute atomic E-state index is 12.2. The van der Waals surface area contributed by atoms with Gasteiger partial charge in [-0.1, -0.05) is 12.1 Å². The zero-order valence-corrected chi connectivity index (χ0v) is 12.1. The first-order chi connectivity index (χ1) is 10.7. The largest absolute Gasteiger partial charge is 0.508 e. The second-order valence-corrected chi connectivity index (χ2v) is 5.03. The summed E-state index contributed by atoms with van der Waals surface area (Å²) in [6, 6.07) is 11.9. The Hall–Kier alpha value is -2.69. The fraction of sp³-hybridized carbons (Fsp3) is 0.235. The van der Waals surface area contributed by atoms with E-state index in [1.807, 2.05) is 0 Å². The molecule has 1 atom stereocenters. The number of carbonyl (C=O) groups excluding carboxylic acids is 1. The van der Waals surface area contributed by atoms with Gasteiger partial charge in [-0.3, -0.25) is 0 Å². The molecule has 5 heteroatoms. The third kappa shape index (κ3) is 2.83. The number of aromatic hydroxyl groups is 1. The van der Waals surface area contributed by atoms with Crippen LogP contribution in [0.2, 0.25) is 0 Å². The van der Waals surface area contributed by atoms with E-state index < -0.39 is 12.1 Å². The Kier molecular flexibility index (Phi) is 3.87. The van der Waals surface area contributed by atoms with Crippen LogP contribution in [0.25, 0.3) is 0 Å². The molecular formula is C17H16O5. The number of methoxy groups -OCH3 is 1. The van der Waals surface area contributed by atoms with Gasteiger partial charge in [-0.05, 0) is 30.3 Å². The van der Waals surface area contributed by atoms with Crippen LogP contribution >= 0.6 is 0 Å². The Labute approximate surface area is 128 Å². The van der Waals surface area contributed by atoms with Gasteiger partial charge in [0.25, 0.3) is 0 Å². The van der Waals surface area contributed by atoms with Gasteiger partial charge < -0.3 is 19.3 Å². The van der Waals surface area contributed by atoms with Crippen LogP contribution < -0.4 is 9.47 Å². The molecule has 1 unspecified atom stereocenters. The number of esters is 1. The van der Waals surface area contributed by atoms with Crippen molar-refractivity contribution in [3.63, 3.8) is 0 Å². The monoisotopic (exact) mass is 300 g/mol. The molecule has 1 heterocycles. The molecule has 1 aliphatic rings. The lowest BCUT2D eigenvalue weighted by Gasteiger charge is -2.25. The maximum atomic E-state index is 12.2. The van der Waals surface area contributed by atoms with Gasteiger partial charge >= 0.3 is 5.97 Å². The maximum Gasteiger partial charge on any atom is 0.338 e. The summed E-state index contributed by atoms with van der Waals surface area (Å²) in [5, 5.41) is 9.86. The number of phenols is 1. The predicted molar refractivity (Wildman–Crippen MR) is 79.5 cm³/mol. The Morgan fingerprint density at radius 1 is 1.27 bits per heavy atom. The number of phenolic OH excluding ortho intramolecular Hbond substituents is 1. The lowest BCUT2D eigenvalue weighted by Crippen LogP contribution is -2.31. The van der Waals surface area contributed by atoms with Crippen molar-refractivity contribution in [1.82, 2.24) is 0 Å². The number of fused-ring (bicyclic) bond motifs is 1. The third-order valence-electron chi connectivity index (χ3n) is 3.54. The minimum atomic E-state index is -0.439. The summed E-state index contributed by atoms with van der Waals surface area (Å²) >= 11 is 0. The smallest absolute Gasteiger partial charge is 0.338 e. The summed E-state index contributed by atoms with van der Waals surface area (Å²) in [5.74, 6) is 0.942. The Balaban J connectivity index is 1.71. The van der Waals surface area contributed by atoms with Crippen molar-refractivity contribution in [3.8, 4) is 17.2 Å². The summed E-state index contributed by atoms with van der Waals surface area (Å²) in [4.78, 5) is 12.2. The number of hydrogen-bond donors (Lipinski definition) is 1. The molecule has 1 N–H and O–H groups in total. The molecule has 0 aromatic heterocycles. The van der Waals surface area contributed by atoms with E-state index in [-0.39, 0.29) is 12.4 Å². The van der Waals surface area contributed by atoms with Crippen LogP contribution in [-0.2, 0) is 11.2 Å². The van der Waals surface area contributed by atoms with Crippen molar-refractivity contribution in [3.05, 3.63) is 53.6 Å². The van der Waals surface area contributed by atoms with Crippen LogP contribution in [-0.4, -0.2) is 30.9 Å². The van der Waals surface area contributed by atoms with E-state index in [4.69, 9.17) is 14.2 Å². The van der Waals surface area contributed by atoms with Crippen molar-refractivity contribution in [1.29, 1.82) is 0 Å². The second-order valence-electron chi connectivity index (χ2n) is 5.03. The molecule has 114 valence electrons. The lowest BCUT2D eigenvalue weighted by atomic mass is 10.0. The first-order valence-corrected chi connectivity index (χ1v) is 6.96. The van der Waals surface area contributed by atoms with Gasteiger partial charge in [-0.2, -0.15) is 0 Å². The zero-order chi connectivity index (χ0) is 15.5. The standard InChI is InChI=1S/C17H16O5/c1-20-12-5-2-4-11(8-12)17(19)22-13-9-14-15(18)6-3-7-16(14)21-10-13/h2-8,13,18H,9-10H2,1H3. The highest BCUT2D eigenvalue weighted by Crippen LogP contribution is 2.32. The molecule has 0 saturated heterocycles. The molecule has 2 aromatic rings. The highest BCUT2D eigenvalue weighted by Gasteiger charge is 2.25. The summed E-state index contributed by atoms with van der Waals surface area (Å²) in [5.41, 5.74) is 1.08. The molecule has 0 spiro atoms. The first-order valence-electron chi connectivity index (χ1n) is 6.96. The van der Waals surface area contributed by atoms with Gasteiger partial charge in [0.2, 0.25) is 0 Å². The molecule has 0 radical (unpaired) electrons. The quantitative estimate of drug-likeness (QED) is 0.883. The van der Waals surface area contributed by atoms with E-state index in [0.717, 1.165) is 0 Å². The third-order valence-corrected chi connectivity index (χ3v) is 3.54. The van der Waals surface area contributed by atoms with Gasteiger partial charge in [0.15, 0.2) is 0 Å². The Morgan fingerprint density at radius 2 is 2.09 bits per heavy atom. The van der Waals surface area contributed by atoms with E-state index in [9.17, 15) is 9.90 Å². The van der Waals surface area contributed by atoms with Crippen molar-refractivity contribution in [2.24, 2.45) is 0 Å². The minimum Gasteiger partial charge on any atom is -0.508 e. The number of benzene rings is 2. The Morgan fingerprint density at radius 3 is 2.91 bits per heavy atom. The summed E-state index contributed by atoms with van der Waals surface area (Å²) in [6.45, 7) is 0.270. The highest BCUT2D eigenvalue weighted by molar-refractivity contribution is 5.90. The molecule has 2 aromatic carbocycles. The minimum absolute atomic E-state index is 0.152. The number of rotatable bonds is 3.